The Hall–Kier alpha value is -2.19. The monoisotopic (exact) mass is 433 g/mol. The molecule has 3 rings (SSSR count). The van der Waals surface area contributed by atoms with Crippen molar-refractivity contribution in [2.75, 3.05) is 19.6 Å². The van der Waals surface area contributed by atoms with E-state index in [1.54, 1.807) is 6.07 Å². The first-order valence-corrected chi connectivity index (χ1v) is 12.0. The maximum absolute atomic E-state index is 13.2. The Balaban J connectivity index is 1.94. The van der Waals surface area contributed by atoms with E-state index in [1.807, 2.05) is 13.8 Å². The average molecular weight is 434 g/mol. The van der Waals surface area contributed by atoms with Crippen LogP contribution in [0.1, 0.15) is 50.9 Å². The van der Waals surface area contributed by atoms with Crippen LogP contribution in [0, 0.1) is 17.8 Å². The molecule has 2 N–H and O–H groups in total. The van der Waals surface area contributed by atoms with Gasteiger partial charge in [0.05, 0.1) is 4.90 Å². The van der Waals surface area contributed by atoms with Crippen LogP contribution in [0.5, 0.6) is 0 Å². The smallest absolute Gasteiger partial charge is 0.256 e. The minimum Gasteiger partial charge on any atom is -0.360 e. The molecule has 1 aromatic heterocycles. The minimum atomic E-state index is -3.71. The fraction of sp³-hybridized carbons (Fsp3) is 0.545. The van der Waals surface area contributed by atoms with Crippen LogP contribution in [0.3, 0.4) is 0 Å². The second kappa shape index (κ2) is 8.89. The van der Waals surface area contributed by atoms with E-state index in [4.69, 9.17) is 0 Å². The maximum Gasteiger partial charge on any atom is 0.256 e. The molecule has 1 aliphatic rings. The Morgan fingerprint density at radius 3 is 2.53 bits per heavy atom. The van der Waals surface area contributed by atoms with E-state index < -0.39 is 21.4 Å². The summed E-state index contributed by atoms with van der Waals surface area (Å²) in [7, 11) is -3.71. The molecule has 2 heterocycles. The topological polar surface area (TPSA) is 99.3 Å². The number of benzene rings is 1. The Morgan fingerprint density at radius 2 is 1.90 bits per heavy atom. The molecule has 1 aliphatic heterocycles. The van der Waals surface area contributed by atoms with Crippen molar-refractivity contribution in [3.63, 3.8) is 0 Å². The van der Waals surface area contributed by atoms with Crippen LogP contribution < -0.4 is 10.7 Å². The molecular formula is C22H31N3O4S. The number of piperidine rings is 1. The third kappa shape index (κ3) is 4.75. The fourth-order valence-corrected chi connectivity index (χ4v) is 5.75. The number of nitrogens with zero attached hydrogens (tertiary/aromatic N) is 1. The predicted octanol–water partition coefficient (Wildman–Crippen LogP) is 2.97. The molecule has 7 nitrogen and oxygen atoms in total. The van der Waals surface area contributed by atoms with Crippen molar-refractivity contribution < 1.29 is 13.2 Å². The van der Waals surface area contributed by atoms with Gasteiger partial charge in [-0.1, -0.05) is 27.7 Å². The van der Waals surface area contributed by atoms with Crippen LogP contribution in [-0.2, 0) is 10.0 Å². The van der Waals surface area contributed by atoms with Gasteiger partial charge in [-0.15, -0.1) is 0 Å². The lowest BCUT2D eigenvalue weighted by Gasteiger charge is -2.34. The van der Waals surface area contributed by atoms with Gasteiger partial charge in [-0.2, -0.15) is 4.31 Å². The van der Waals surface area contributed by atoms with Gasteiger partial charge in [-0.05, 0) is 48.8 Å². The number of rotatable bonds is 6. The van der Waals surface area contributed by atoms with Crippen molar-refractivity contribution in [1.29, 1.82) is 0 Å². The number of H-pyrrole nitrogens is 1. The predicted molar refractivity (Wildman–Crippen MR) is 118 cm³/mol. The van der Waals surface area contributed by atoms with Gasteiger partial charge in [-0.3, -0.25) is 9.59 Å². The summed E-state index contributed by atoms with van der Waals surface area (Å²) in [6.45, 7) is 9.63. The number of hydrogen-bond donors (Lipinski definition) is 2. The van der Waals surface area contributed by atoms with Gasteiger partial charge in [-0.25, -0.2) is 8.42 Å². The van der Waals surface area contributed by atoms with Gasteiger partial charge in [0.1, 0.15) is 5.56 Å². The van der Waals surface area contributed by atoms with Crippen LogP contribution in [-0.4, -0.2) is 43.2 Å². The number of aromatic amines is 1. The number of fused-ring (bicyclic) bond motifs is 1. The molecule has 0 aliphatic carbocycles. The lowest BCUT2D eigenvalue weighted by atomic mass is 9.94. The van der Waals surface area contributed by atoms with E-state index in [0.29, 0.717) is 31.1 Å². The number of pyridine rings is 1. The zero-order valence-corrected chi connectivity index (χ0v) is 18.9. The Kier molecular flexibility index (Phi) is 6.67. The van der Waals surface area contributed by atoms with E-state index in [1.165, 1.54) is 22.6 Å². The van der Waals surface area contributed by atoms with Crippen LogP contribution in [0.2, 0.25) is 0 Å². The van der Waals surface area contributed by atoms with Crippen molar-refractivity contribution in [2.24, 2.45) is 17.8 Å². The molecular weight excluding hydrogens is 402 g/mol. The number of sulfonamides is 1. The van der Waals surface area contributed by atoms with Crippen molar-refractivity contribution in [3.8, 4) is 0 Å². The Morgan fingerprint density at radius 1 is 1.23 bits per heavy atom. The van der Waals surface area contributed by atoms with E-state index >= 15 is 0 Å². The van der Waals surface area contributed by atoms with Crippen LogP contribution in [0.25, 0.3) is 10.9 Å². The lowest BCUT2D eigenvalue weighted by Crippen LogP contribution is -2.42. The average Bonchev–Trinajstić information content (AvgIpc) is 2.67. The third-order valence-corrected chi connectivity index (χ3v) is 7.40. The minimum absolute atomic E-state index is 0.0129. The highest BCUT2D eigenvalue weighted by Gasteiger charge is 2.32. The van der Waals surface area contributed by atoms with Gasteiger partial charge in [0.2, 0.25) is 15.5 Å². The highest BCUT2D eigenvalue weighted by atomic mass is 32.2. The second-order valence-corrected chi connectivity index (χ2v) is 10.9. The summed E-state index contributed by atoms with van der Waals surface area (Å²) >= 11 is 0. The number of nitrogens with one attached hydrogen (secondary N) is 2. The largest absolute Gasteiger partial charge is 0.360 e. The van der Waals surface area contributed by atoms with E-state index in [-0.39, 0.29) is 27.7 Å². The molecule has 0 radical (unpaired) electrons. The van der Waals surface area contributed by atoms with Crippen LogP contribution in [0.15, 0.2) is 34.1 Å². The summed E-state index contributed by atoms with van der Waals surface area (Å²) in [6.07, 6.45) is 3.20. The quantitative estimate of drug-likeness (QED) is 0.731. The Bertz CT molecular complexity index is 1080. The third-order valence-electron chi connectivity index (χ3n) is 5.58. The van der Waals surface area contributed by atoms with E-state index in [0.717, 1.165) is 12.8 Å². The van der Waals surface area contributed by atoms with Gasteiger partial charge in [0.15, 0.2) is 0 Å². The first-order valence-electron chi connectivity index (χ1n) is 10.5. The maximum atomic E-state index is 13.2. The summed E-state index contributed by atoms with van der Waals surface area (Å²) in [6, 6.07) is 4.49. The standard InChI is InChI=1S/C22H31N3O4S/c1-14(2)7-8-23-22(27)19-11-24-20-6-5-17(10-18(20)21(19)26)30(28,29)25-12-15(3)9-16(4)13-25/h5-6,10-11,14-16H,7-9,12-13H2,1-4H3,(H,23,27)(H,24,26)/t15-,16+. The van der Waals surface area contributed by atoms with E-state index in [2.05, 4.69) is 24.1 Å². The molecule has 0 saturated carbocycles. The molecule has 0 unspecified atom stereocenters. The molecule has 2 atom stereocenters. The Labute approximate surface area is 177 Å². The molecule has 1 aromatic carbocycles. The van der Waals surface area contributed by atoms with Gasteiger partial charge in [0.25, 0.3) is 5.91 Å². The molecule has 0 bridgehead atoms. The zero-order chi connectivity index (χ0) is 22.1. The first kappa shape index (κ1) is 22.5. The number of hydrogen-bond acceptors (Lipinski definition) is 4. The number of amides is 1. The molecule has 164 valence electrons. The molecule has 1 amide bonds. The van der Waals surface area contributed by atoms with Gasteiger partial charge < -0.3 is 10.3 Å². The molecule has 0 spiro atoms. The van der Waals surface area contributed by atoms with Crippen molar-refractivity contribution in [1.82, 2.24) is 14.6 Å². The summed E-state index contributed by atoms with van der Waals surface area (Å²) in [5.74, 6) is 0.556. The van der Waals surface area contributed by atoms with Gasteiger partial charge >= 0.3 is 0 Å². The summed E-state index contributed by atoms with van der Waals surface area (Å²) in [5, 5.41) is 2.96. The van der Waals surface area contributed by atoms with Crippen molar-refractivity contribution >= 4 is 26.8 Å². The molecule has 8 heteroatoms. The van der Waals surface area contributed by atoms with E-state index in [9.17, 15) is 18.0 Å². The summed E-state index contributed by atoms with van der Waals surface area (Å²) in [5.41, 5.74) is 0.0160. The normalized spacial score (nSPS) is 20.6. The molecule has 2 aromatic rings. The van der Waals surface area contributed by atoms with Crippen molar-refractivity contribution in [3.05, 3.63) is 40.2 Å². The number of carbonyl (C=O) groups excluding carboxylic acids is 1. The fourth-order valence-electron chi connectivity index (χ4n) is 4.05. The molecule has 30 heavy (non-hydrogen) atoms. The highest BCUT2D eigenvalue weighted by Crippen LogP contribution is 2.27. The highest BCUT2D eigenvalue weighted by molar-refractivity contribution is 7.89. The van der Waals surface area contributed by atoms with Crippen LogP contribution in [0.4, 0.5) is 0 Å². The number of aromatic nitrogens is 1. The SMILES string of the molecule is CC(C)CCNC(=O)c1c[nH]c2ccc(S(=O)(=O)N3C[C@H](C)C[C@H](C)C3)cc2c1=O. The molecule has 1 saturated heterocycles. The summed E-state index contributed by atoms with van der Waals surface area (Å²) in [4.78, 5) is 28.4. The molecule has 1 fully saturated rings. The number of carbonyl (C=O) groups is 1. The second-order valence-electron chi connectivity index (χ2n) is 8.95. The zero-order valence-electron chi connectivity index (χ0n) is 18.1. The lowest BCUT2D eigenvalue weighted by molar-refractivity contribution is 0.0951. The van der Waals surface area contributed by atoms with Crippen LogP contribution >= 0.6 is 0 Å². The first-order chi connectivity index (χ1) is 14.1. The van der Waals surface area contributed by atoms with Gasteiger partial charge in [0, 0.05) is 36.7 Å². The van der Waals surface area contributed by atoms with Crippen molar-refractivity contribution in [2.45, 2.75) is 45.4 Å². The summed E-state index contributed by atoms with van der Waals surface area (Å²) < 4.78 is 27.9.